The molecule has 5 nitrogen and oxygen atoms in total. The molecule has 0 radical (unpaired) electrons. The normalized spacial score (nSPS) is 16.4. The van der Waals surface area contributed by atoms with Crippen LogP contribution in [0.15, 0.2) is 82.8 Å². The number of nitrogens with zero attached hydrogens (tertiary/aromatic N) is 2. The molecule has 1 atom stereocenters. The Kier molecular flexibility index (Phi) is 6.40. The maximum absolute atomic E-state index is 13.1. The molecule has 3 aromatic rings. The van der Waals surface area contributed by atoms with E-state index in [0.29, 0.717) is 24.3 Å². The number of anilines is 1. The Morgan fingerprint density at radius 2 is 1.59 bits per heavy atom. The molecule has 0 saturated heterocycles. The first kappa shape index (κ1) is 23.8. The second-order valence-corrected chi connectivity index (χ2v) is 9.97. The fraction of sp³-hybridized carbons (Fsp3) is 0.240. The Labute approximate surface area is 196 Å². The van der Waals surface area contributed by atoms with Crippen LogP contribution in [0.2, 0.25) is 0 Å². The van der Waals surface area contributed by atoms with Crippen LogP contribution in [0.5, 0.6) is 5.75 Å². The first-order chi connectivity index (χ1) is 16.1. The van der Waals surface area contributed by atoms with E-state index in [1.54, 1.807) is 17.1 Å². The molecular weight excluding hydrogens is 465 g/mol. The number of halogens is 3. The van der Waals surface area contributed by atoms with Crippen molar-refractivity contribution in [2.45, 2.75) is 30.5 Å². The van der Waals surface area contributed by atoms with Crippen molar-refractivity contribution in [3.05, 3.63) is 89.5 Å². The van der Waals surface area contributed by atoms with Gasteiger partial charge in [-0.15, -0.1) is 0 Å². The van der Waals surface area contributed by atoms with Crippen LogP contribution in [0.3, 0.4) is 0 Å². The monoisotopic (exact) mass is 488 g/mol. The molecule has 0 spiro atoms. The van der Waals surface area contributed by atoms with Crippen LogP contribution in [-0.4, -0.2) is 27.0 Å². The fourth-order valence-corrected chi connectivity index (χ4v) is 4.46. The van der Waals surface area contributed by atoms with Crippen molar-refractivity contribution < 1.29 is 26.3 Å². The summed E-state index contributed by atoms with van der Waals surface area (Å²) in [5.74, 6) is 0.734. The summed E-state index contributed by atoms with van der Waals surface area (Å²) in [6.45, 7) is 2.45. The minimum atomic E-state index is -4.42. The topological polar surface area (TPSA) is 59.0 Å². The lowest BCUT2D eigenvalue weighted by molar-refractivity contribution is -0.137. The van der Waals surface area contributed by atoms with Crippen molar-refractivity contribution in [1.82, 2.24) is 0 Å². The van der Waals surface area contributed by atoms with E-state index in [1.165, 1.54) is 24.3 Å². The summed E-state index contributed by atoms with van der Waals surface area (Å²) in [5, 5.41) is 6.49. The molecule has 178 valence electrons. The zero-order chi connectivity index (χ0) is 24.5. The average Bonchev–Trinajstić information content (AvgIpc) is 3.24. The highest BCUT2D eigenvalue weighted by Crippen LogP contribution is 2.38. The SMILES string of the molecule is CCOc1ccc(C2=NN(c3ccc(S(C)(=O)=O)cc3)C(c3ccc(C(F)(F)F)cc3)C2)cc1. The lowest BCUT2D eigenvalue weighted by atomic mass is 9.97. The van der Waals surface area contributed by atoms with E-state index < -0.39 is 21.6 Å². The van der Waals surface area contributed by atoms with Crippen molar-refractivity contribution in [2.24, 2.45) is 5.10 Å². The summed E-state index contributed by atoms with van der Waals surface area (Å²) in [7, 11) is -3.36. The van der Waals surface area contributed by atoms with E-state index >= 15 is 0 Å². The van der Waals surface area contributed by atoms with Gasteiger partial charge in [0, 0.05) is 12.7 Å². The quantitative estimate of drug-likeness (QED) is 0.436. The van der Waals surface area contributed by atoms with Crippen LogP contribution in [-0.2, 0) is 16.0 Å². The van der Waals surface area contributed by atoms with E-state index in [1.807, 2.05) is 31.2 Å². The summed E-state index contributed by atoms with van der Waals surface area (Å²) in [4.78, 5) is 0.178. The minimum Gasteiger partial charge on any atom is -0.494 e. The highest BCUT2D eigenvalue weighted by molar-refractivity contribution is 7.90. The highest BCUT2D eigenvalue weighted by atomic mass is 32.2. The van der Waals surface area contributed by atoms with Crippen molar-refractivity contribution in [2.75, 3.05) is 17.9 Å². The van der Waals surface area contributed by atoms with Gasteiger partial charge in [-0.25, -0.2) is 8.42 Å². The molecular formula is C25H23F3N2O3S. The summed E-state index contributed by atoms with van der Waals surface area (Å²) in [6.07, 6.45) is -2.82. The molecule has 9 heteroatoms. The highest BCUT2D eigenvalue weighted by Gasteiger charge is 2.33. The first-order valence-corrected chi connectivity index (χ1v) is 12.5. The van der Waals surface area contributed by atoms with Crippen molar-refractivity contribution in [3.63, 3.8) is 0 Å². The van der Waals surface area contributed by atoms with Gasteiger partial charge in [0.25, 0.3) is 0 Å². The van der Waals surface area contributed by atoms with E-state index in [-0.39, 0.29) is 10.9 Å². The number of rotatable bonds is 6. The van der Waals surface area contributed by atoms with Gasteiger partial charge in [0.15, 0.2) is 9.84 Å². The molecule has 1 aliphatic heterocycles. The number of hydrogen-bond donors (Lipinski definition) is 0. The Hall–Kier alpha value is -3.33. The number of ether oxygens (including phenoxy) is 1. The van der Waals surface area contributed by atoms with Gasteiger partial charge in [-0.2, -0.15) is 18.3 Å². The molecule has 0 fully saturated rings. The fourth-order valence-electron chi connectivity index (χ4n) is 3.83. The molecule has 0 amide bonds. The van der Waals surface area contributed by atoms with Gasteiger partial charge in [0.1, 0.15) is 5.75 Å². The molecule has 3 aromatic carbocycles. The third-order valence-corrected chi connectivity index (χ3v) is 6.69. The lowest BCUT2D eigenvalue weighted by Gasteiger charge is -2.24. The van der Waals surface area contributed by atoms with Gasteiger partial charge in [0.05, 0.1) is 34.5 Å². The molecule has 0 aliphatic carbocycles. The van der Waals surface area contributed by atoms with Crippen molar-refractivity contribution in [3.8, 4) is 5.75 Å². The zero-order valence-corrected chi connectivity index (χ0v) is 19.4. The van der Waals surface area contributed by atoms with Gasteiger partial charge in [-0.1, -0.05) is 12.1 Å². The standard InChI is InChI=1S/C25H23F3N2O3S/c1-3-33-21-12-6-17(7-13-21)23-16-24(18-4-8-19(9-5-18)25(26,27)28)30(29-23)20-10-14-22(15-11-20)34(2,31)32/h4-15,24H,3,16H2,1-2H3. The van der Waals surface area contributed by atoms with Gasteiger partial charge in [-0.05, 0) is 78.7 Å². The maximum Gasteiger partial charge on any atom is 0.416 e. The lowest BCUT2D eigenvalue weighted by Crippen LogP contribution is -2.19. The van der Waals surface area contributed by atoms with Gasteiger partial charge in [-0.3, -0.25) is 5.01 Å². The van der Waals surface area contributed by atoms with Crippen LogP contribution in [0.25, 0.3) is 0 Å². The summed E-state index contributed by atoms with van der Waals surface area (Å²) in [5.41, 5.74) is 2.23. The van der Waals surface area contributed by atoms with Crippen LogP contribution in [0, 0.1) is 0 Å². The van der Waals surface area contributed by atoms with Crippen LogP contribution in [0.4, 0.5) is 18.9 Å². The van der Waals surface area contributed by atoms with Crippen molar-refractivity contribution in [1.29, 1.82) is 0 Å². The molecule has 0 aromatic heterocycles. The van der Waals surface area contributed by atoms with Gasteiger partial charge < -0.3 is 4.74 Å². The van der Waals surface area contributed by atoms with Crippen LogP contribution < -0.4 is 9.75 Å². The van der Waals surface area contributed by atoms with Crippen LogP contribution >= 0.6 is 0 Å². The molecule has 0 N–H and O–H groups in total. The summed E-state index contributed by atoms with van der Waals surface area (Å²) >= 11 is 0. The largest absolute Gasteiger partial charge is 0.494 e. The zero-order valence-electron chi connectivity index (χ0n) is 18.6. The average molecular weight is 489 g/mol. The number of alkyl halides is 3. The molecule has 34 heavy (non-hydrogen) atoms. The number of hydrazone groups is 1. The van der Waals surface area contributed by atoms with Crippen molar-refractivity contribution >= 4 is 21.2 Å². The Balaban J connectivity index is 1.70. The summed E-state index contributed by atoms with van der Waals surface area (Å²) in [6, 6.07) is 18.5. The Morgan fingerprint density at radius 1 is 0.971 bits per heavy atom. The predicted octanol–water partition coefficient (Wildman–Crippen LogP) is 5.86. The second kappa shape index (κ2) is 9.13. The van der Waals surface area contributed by atoms with E-state index in [4.69, 9.17) is 9.84 Å². The van der Waals surface area contributed by atoms with Crippen LogP contribution in [0.1, 0.15) is 36.1 Å². The van der Waals surface area contributed by atoms with E-state index in [0.717, 1.165) is 35.4 Å². The van der Waals surface area contributed by atoms with E-state index in [2.05, 4.69) is 0 Å². The summed E-state index contributed by atoms with van der Waals surface area (Å²) < 4.78 is 68.3. The Morgan fingerprint density at radius 3 is 2.12 bits per heavy atom. The smallest absolute Gasteiger partial charge is 0.416 e. The number of sulfone groups is 1. The molecule has 1 unspecified atom stereocenters. The molecule has 4 rings (SSSR count). The van der Waals surface area contributed by atoms with E-state index in [9.17, 15) is 21.6 Å². The molecule has 0 bridgehead atoms. The molecule has 0 saturated carbocycles. The third-order valence-electron chi connectivity index (χ3n) is 5.56. The Bertz CT molecular complexity index is 1290. The molecule has 1 heterocycles. The van der Waals surface area contributed by atoms with Gasteiger partial charge >= 0.3 is 6.18 Å². The number of hydrogen-bond acceptors (Lipinski definition) is 5. The maximum atomic E-state index is 13.1. The van der Waals surface area contributed by atoms with Gasteiger partial charge in [0.2, 0.25) is 0 Å². The predicted molar refractivity (Wildman–Crippen MR) is 125 cm³/mol. The third kappa shape index (κ3) is 5.09. The number of benzene rings is 3. The minimum absolute atomic E-state index is 0.178. The molecule has 1 aliphatic rings. The first-order valence-electron chi connectivity index (χ1n) is 10.6. The second-order valence-electron chi connectivity index (χ2n) is 7.95.